The molecule has 0 aliphatic carbocycles. The number of rotatable bonds is 5. The standard InChI is InChI=1S/C33H13F3O2/c1-3-5-6-7-8-9-10-11-12-13-14-15-16-17-18-19-20-21-22-23-24-28-37-32-26-25-30(29-31(32)34)38-33(35,36)27-4-2/h25-26,29H,4,27H2,1-2H3. The normalized spacial score (nSPS) is 7.08. The molecular formula is C33H13F3O2. The largest absolute Gasteiger partial charge is 0.432 e. The van der Waals surface area contributed by atoms with Crippen molar-refractivity contribution < 1.29 is 22.6 Å². The predicted octanol–water partition coefficient (Wildman–Crippen LogP) is 3.99. The maximum Gasteiger partial charge on any atom is 0.397 e. The van der Waals surface area contributed by atoms with Gasteiger partial charge in [-0.05, 0) is 72.8 Å². The first-order valence-corrected chi connectivity index (χ1v) is 10.4. The summed E-state index contributed by atoms with van der Waals surface area (Å²) < 4.78 is 50.2. The Balaban J connectivity index is 2.51. The SMILES string of the molecule is CC#CC#CC#CC#CC#CC#CC#CC#CC#CC#CC#COc1ccc(OC(F)(F)CCC)cc1F. The average molecular weight is 498 g/mol. The van der Waals surface area contributed by atoms with Crippen molar-refractivity contribution in [2.45, 2.75) is 32.8 Å². The number of benzene rings is 1. The quantitative estimate of drug-likeness (QED) is 0.572. The third-order valence-electron chi connectivity index (χ3n) is 3.24. The van der Waals surface area contributed by atoms with E-state index in [9.17, 15) is 13.2 Å². The molecule has 1 rings (SSSR count). The highest BCUT2D eigenvalue weighted by atomic mass is 19.3. The number of hydrogen-bond acceptors (Lipinski definition) is 2. The van der Waals surface area contributed by atoms with Gasteiger partial charge in [0.15, 0.2) is 11.6 Å². The minimum atomic E-state index is -3.38. The highest BCUT2D eigenvalue weighted by Gasteiger charge is 2.30. The van der Waals surface area contributed by atoms with Gasteiger partial charge < -0.3 is 9.47 Å². The molecule has 0 radical (unpaired) electrons. The van der Waals surface area contributed by atoms with Crippen LogP contribution in [-0.2, 0) is 0 Å². The van der Waals surface area contributed by atoms with Gasteiger partial charge in [-0.25, -0.2) is 4.39 Å². The van der Waals surface area contributed by atoms with E-state index in [0.29, 0.717) is 0 Å². The first-order chi connectivity index (χ1) is 18.5. The number of ether oxygens (including phenoxy) is 2. The van der Waals surface area contributed by atoms with Crippen molar-refractivity contribution >= 4 is 0 Å². The van der Waals surface area contributed by atoms with Crippen LogP contribution in [-0.4, -0.2) is 6.11 Å². The van der Waals surface area contributed by atoms with E-state index in [2.05, 4.69) is 135 Å². The summed E-state index contributed by atoms with van der Waals surface area (Å²) in [5.74, 6) is 50.2. The van der Waals surface area contributed by atoms with Crippen molar-refractivity contribution in [3.05, 3.63) is 24.0 Å². The van der Waals surface area contributed by atoms with Crippen molar-refractivity contribution in [3.8, 4) is 142 Å². The second-order valence-corrected chi connectivity index (χ2v) is 6.04. The molecule has 2 nitrogen and oxygen atoms in total. The second-order valence-electron chi connectivity index (χ2n) is 6.04. The average Bonchev–Trinajstić information content (AvgIpc) is 2.88. The molecule has 0 N–H and O–H groups in total. The third-order valence-corrected chi connectivity index (χ3v) is 3.24. The Kier molecular flexibility index (Phi) is 15.0. The molecule has 1 aromatic rings. The van der Waals surface area contributed by atoms with Gasteiger partial charge in [0.05, 0.1) is 6.42 Å². The molecule has 0 aromatic heterocycles. The summed E-state index contributed by atoms with van der Waals surface area (Å²) in [7, 11) is 0. The molecule has 0 saturated heterocycles. The van der Waals surface area contributed by atoms with Crippen LogP contribution in [0.4, 0.5) is 13.2 Å². The van der Waals surface area contributed by atoms with E-state index < -0.39 is 18.3 Å². The van der Waals surface area contributed by atoms with Gasteiger partial charge in [0, 0.05) is 77.1 Å². The minimum absolute atomic E-state index is 0.214. The Morgan fingerprint density at radius 1 is 0.658 bits per heavy atom. The Hall–Kier alpha value is -6.23. The summed E-state index contributed by atoms with van der Waals surface area (Å²) >= 11 is 0. The van der Waals surface area contributed by atoms with Crippen LogP contribution in [0.2, 0.25) is 0 Å². The highest BCUT2D eigenvalue weighted by Crippen LogP contribution is 2.29. The van der Waals surface area contributed by atoms with Crippen molar-refractivity contribution in [3.63, 3.8) is 0 Å². The number of hydrogen-bond donors (Lipinski definition) is 0. The van der Waals surface area contributed by atoms with Gasteiger partial charge in [0.1, 0.15) is 11.9 Å². The molecular weight excluding hydrogens is 485 g/mol. The summed E-state index contributed by atoms with van der Waals surface area (Å²) in [5, 5.41) is 0. The summed E-state index contributed by atoms with van der Waals surface area (Å²) in [6, 6.07) is 3.06. The first kappa shape index (κ1) is 29.8. The van der Waals surface area contributed by atoms with Gasteiger partial charge in [0.2, 0.25) is 0 Å². The van der Waals surface area contributed by atoms with Gasteiger partial charge >= 0.3 is 6.11 Å². The topological polar surface area (TPSA) is 18.5 Å². The maximum absolute atomic E-state index is 13.9. The molecule has 0 spiro atoms. The van der Waals surface area contributed by atoms with Crippen LogP contribution in [0, 0.1) is 136 Å². The fourth-order valence-corrected chi connectivity index (χ4v) is 1.87. The molecule has 0 atom stereocenters. The van der Waals surface area contributed by atoms with Crippen molar-refractivity contribution in [1.29, 1.82) is 0 Å². The van der Waals surface area contributed by atoms with Gasteiger partial charge in [-0.1, -0.05) is 12.8 Å². The van der Waals surface area contributed by atoms with E-state index in [0.717, 1.165) is 18.2 Å². The fraction of sp³-hybridized carbons (Fsp3) is 0.152. The molecule has 0 saturated carbocycles. The van der Waals surface area contributed by atoms with Gasteiger partial charge in [-0.15, -0.1) is 0 Å². The number of halogens is 3. The molecule has 0 aliphatic rings. The molecule has 1 aromatic carbocycles. The van der Waals surface area contributed by atoms with Crippen molar-refractivity contribution in [1.82, 2.24) is 0 Å². The molecule has 178 valence electrons. The zero-order chi connectivity index (χ0) is 27.7. The minimum Gasteiger partial charge on any atom is -0.432 e. The molecule has 38 heavy (non-hydrogen) atoms. The predicted molar refractivity (Wildman–Crippen MR) is 139 cm³/mol. The van der Waals surface area contributed by atoms with Crippen LogP contribution in [0.1, 0.15) is 26.7 Å². The molecule has 0 aliphatic heterocycles. The van der Waals surface area contributed by atoms with Crippen LogP contribution >= 0.6 is 0 Å². The lowest BCUT2D eigenvalue weighted by molar-refractivity contribution is -0.180. The lowest BCUT2D eigenvalue weighted by atomic mass is 10.3. The van der Waals surface area contributed by atoms with Gasteiger partial charge in [-0.3, -0.25) is 0 Å². The molecule has 0 fully saturated rings. The summed E-state index contributed by atoms with van der Waals surface area (Å²) in [4.78, 5) is 0. The fourth-order valence-electron chi connectivity index (χ4n) is 1.87. The smallest absolute Gasteiger partial charge is 0.397 e. The van der Waals surface area contributed by atoms with Gasteiger partial charge in [-0.2, -0.15) is 8.78 Å². The molecule has 0 bridgehead atoms. The molecule has 0 heterocycles. The van der Waals surface area contributed by atoms with Crippen LogP contribution in [0.25, 0.3) is 0 Å². The van der Waals surface area contributed by atoms with E-state index in [4.69, 9.17) is 4.74 Å². The summed E-state index contributed by atoms with van der Waals surface area (Å²) in [6.07, 6.45) is -1.49. The van der Waals surface area contributed by atoms with Crippen LogP contribution in [0.5, 0.6) is 11.5 Å². The van der Waals surface area contributed by atoms with E-state index >= 15 is 0 Å². The van der Waals surface area contributed by atoms with E-state index in [1.807, 2.05) is 0 Å². The molecule has 0 amide bonds. The van der Waals surface area contributed by atoms with Crippen LogP contribution in [0.3, 0.4) is 0 Å². The van der Waals surface area contributed by atoms with Gasteiger partial charge in [0.25, 0.3) is 0 Å². The van der Waals surface area contributed by atoms with E-state index in [-0.39, 0.29) is 17.9 Å². The monoisotopic (exact) mass is 498 g/mol. The molecule has 5 heteroatoms. The third kappa shape index (κ3) is 15.6. The Bertz CT molecular complexity index is 1740. The maximum atomic E-state index is 13.9. The van der Waals surface area contributed by atoms with Crippen LogP contribution < -0.4 is 9.47 Å². The van der Waals surface area contributed by atoms with Crippen molar-refractivity contribution in [2.24, 2.45) is 0 Å². The highest BCUT2D eigenvalue weighted by molar-refractivity contribution is 5.47. The zero-order valence-electron chi connectivity index (χ0n) is 20.1. The van der Waals surface area contributed by atoms with E-state index in [1.165, 1.54) is 0 Å². The van der Waals surface area contributed by atoms with Crippen LogP contribution in [0.15, 0.2) is 18.2 Å². The first-order valence-electron chi connectivity index (χ1n) is 10.4. The molecule has 0 unspecified atom stereocenters. The lowest BCUT2D eigenvalue weighted by Gasteiger charge is -2.17. The van der Waals surface area contributed by atoms with Crippen molar-refractivity contribution in [2.75, 3.05) is 0 Å². The Morgan fingerprint density at radius 2 is 1.08 bits per heavy atom. The second kappa shape index (κ2) is 19.1. The zero-order valence-corrected chi connectivity index (χ0v) is 20.1. The summed E-state index contributed by atoms with van der Waals surface area (Å²) in [5.41, 5.74) is 0. The number of alkyl halides is 2. The lowest BCUT2D eigenvalue weighted by Crippen LogP contribution is -2.24. The Morgan fingerprint density at radius 3 is 1.47 bits per heavy atom. The Labute approximate surface area is 221 Å². The summed E-state index contributed by atoms with van der Waals surface area (Å²) in [6.45, 7) is 3.26. The van der Waals surface area contributed by atoms with E-state index in [1.54, 1.807) is 13.8 Å².